The summed E-state index contributed by atoms with van der Waals surface area (Å²) in [7, 11) is 0. The summed E-state index contributed by atoms with van der Waals surface area (Å²) in [6.45, 7) is 4.13. The van der Waals surface area contributed by atoms with Crippen molar-refractivity contribution >= 4 is 0 Å². The lowest BCUT2D eigenvalue weighted by atomic mass is 9.83. The monoisotopic (exact) mass is 292 g/mol. The third kappa shape index (κ3) is 2.47. The van der Waals surface area contributed by atoms with Crippen molar-refractivity contribution in [2.24, 2.45) is 11.1 Å². The van der Waals surface area contributed by atoms with Gasteiger partial charge >= 0.3 is 0 Å². The Kier molecular flexibility index (Phi) is 3.51. The van der Waals surface area contributed by atoms with Crippen LogP contribution in [-0.2, 0) is 25.8 Å². The van der Waals surface area contributed by atoms with Gasteiger partial charge in [-0.25, -0.2) is 0 Å². The molecule has 0 radical (unpaired) electrons. The molecular formula is C20H24N2. The Hall–Kier alpha value is -1.64. The molecule has 0 spiro atoms. The van der Waals surface area contributed by atoms with E-state index in [9.17, 15) is 0 Å². The van der Waals surface area contributed by atoms with Crippen LogP contribution < -0.4 is 5.73 Å². The van der Waals surface area contributed by atoms with Crippen molar-refractivity contribution < 1.29 is 0 Å². The molecule has 0 bridgehead atoms. The van der Waals surface area contributed by atoms with E-state index in [0.29, 0.717) is 0 Å². The molecule has 0 fully saturated rings. The molecule has 2 heteroatoms. The molecule has 1 aliphatic carbocycles. The molecule has 114 valence electrons. The first-order valence-corrected chi connectivity index (χ1v) is 8.34. The lowest BCUT2D eigenvalue weighted by molar-refractivity contribution is 0.149. The van der Waals surface area contributed by atoms with Gasteiger partial charge in [0.2, 0.25) is 0 Å². The van der Waals surface area contributed by atoms with Gasteiger partial charge in [-0.3, -0.25) is 4.90 Å². The van der Waals surface area contributed by atoms with E-state index in [-0.39, 0.29) is 5.41 Å². The van der Waals surface area contributed by atoms with Crippen LogP contribution >= 0.6 is 0 Å². The van der Waals surface area contributed by atoms with E-state index in [1.54, 1.807) is 0 Å². The largest absolute Gasteiger partial charge is 0.330 e. The van der Waals surface area contributed by atoms with E-state index in [1.165, 1.54) is 28.7 Å². The van der Waals surface area contributed by atoms with Gasteiger partial charge in [-0.05, 0) is 48.1 Å². The second kappa shape index (κ2) is 5.53. The molecule has 0 saturated heterocycles. The molecule has 2 aromatic carbocycles. The van der Waals surface area contributed by atoms with E-state index in [4.69, 9.17) is 5.73 Å². The molecule has 2 aliphatic rings. The maximum absolute atomic E-state index is 6.23. The topological polar surface area (TPSA) is 29.3 Å². The highest BCUT2D eigenvalue weighted by molar-refractivity contribution is 5.35. The van der Waals surface area contributed by atoms with Crippen molar-refractivity contribution in [1.29, 1.82) is 0 Å². The summed E-state index contributed by atoms with van der Waals surface area (Å²) in [4.78, 5) is 2.61. The number of nitrogens with zero attached hydrogens (tertiary/aromatic N) is 1. The molecule has 1 heterocycles. The number of rotatable bonds is 3. The summed E-state index contributed by atoms with van der Waals surface area (Å²) in [5.41, 5.74) is 12.5. The first-order valence-electron chi connectivity index (χ1n) is 8.34. The third-order valence-electron chi connectivity index (χ3n) is 5.45. The van der Waals surface area contributed by atoms with Gasteiger partial charge in [0.1, 0.15) is 0 Å². The minimum absolute atomic E-state index is 0.232. The fourth-order valence-electron chi connectivity index (χ4n) is 4.26. The van der Waals surface area contributed by atoms with Crippen molar-refractivity contribution in [3.63, 3.8) is 0 Å². The summed E-state index contributed by atoms with van der Waals surface area (Å²) >= 11 is 0. The van der Waals surface area contributed by atoms with Gasteiger partial charge in [0.15, 0.2) is 0 Å². The average molecular weight is 292 g/mol. The molecule has 1 aliphatic heterocycles. The Morgan fingerprint density at radius 1 is 0.864 bits per heavy atom. The number of fused-ring (bicyclic) bond motifs is 2. The molecule has 0 atom stereocenters. The van der Waals surface area contributed by atoms with E-state index in [2.05, 4.69) is 53.4 Å². The zero-order chi connectivity index (χ0) is 15.0. The SMILES string of the molecule is NCC1(CN2CCc3ccccc3C2)Cc2ccccc2C1. The quantitative estimate of drug-likeness (QED) is 0.942. The number of hydrogen-bond donors (Lipinski definition) is 1. The summed E-state index contributed by atoms with van der Waals surface area (Å²) in [6, 6.07) is 17.7. The van der Waals surface area contributed by atoms with Gasteiger partial charge in [-0.2, -0.15) is 0 Å². The van der Waals surface area contributed by atoms with Crippen molar-refractivity contribution in [3.05, 3.63) is 70.8 Å². The molecule has 0 unspecified atom stereocenters. The van der Waals surface area contributed by atoms with Crippen LogP contribution in [0.3, 0.4) is 0 Å². The predicted molar refractivity (Wildman–Crippen MR) is 90.8 cm³/mol. The van der Waals surface area contributed by atoms with Crippen molar-refractivity contribution in [1.82, 2.24) is 4.90 Å². The Balaban J connectivity index is 1.52. The summed E-state index contributed by atoms with van der Waals surface area (Å²) in [6.07, 6.45) is 3.44. The van der Waals surface area contributed by atoms with Crippen molar-refractivity contribution in [2.75, 3.05) is 19.6 Å². The lowest BCUT2D eigenvalue weighted by Crippen LogP contribution is -2.45. The molecule has 22 heavy (non-hydrogen) atoms. The van der Waals surface area contributed by atoms with Crippen LogP contribution in [0.1, 0.15) is 22.3 Å². The Morgan fingerprint density at radius 3 is 2.09 bits per heavy atom. The third-order valence-corrected chi connectivity index (χ3v) is 5.45. The molecule has 0 amide bonds. The lowest BCUT2D eigenvalue weighted by Gasteiger charge is -2.37. The fraction of sp³-hybridized carbons (Fsp3) is 0.400. The molecule has 0 saturated carbocycles. The number of benzene rings is 2. The normalized spacial score (nSPS) is 19.7. The van der Waals surface area contributed by atoms with Crippen molar-refractivity contribution in [2.45, 2.75) is 25.8 Å². The number of nitrogens with two attached hydrogens (primary N) is 1. The molecule has 0 aromatic heterocycles. The maximum Gasteiger partial charge on any atom is 0.0236 e. The van der Waals surface area contributed by atoms with Crippen LogP contribution in [0.15, 0.2) is 48.5 Å². The highest BCUT2D eigenvalue weighted by Crippen LogP contribution is 2.37. The molecule has 2 N–H and O–H groups in total. The van der Waals surface area contributed by atoms with Gasteiger partial charge in [-0.15, -0.1) is 0 Å². The van der Waals surface area contributed by atoms with E-state index < -0.39 is 0 Å². The molecule has 2 aromatic rings. The van der Waals surface area contributed by atoms with E-state index >= 15 is 0 Å². The first-order chi connectivity index (χ1) is 10.8. The Bertz CT molecular complexity index is 652. The average Bonchev–Trinajstić information content (AvgIpc) is 2.93. The van der Waals surface area contributed by atoms with Crippen LogP contribution in [0.5, 0.6) is 0 Å². The van der Waals surface area contributed by atoms with Gasteiger partial charge in [0.25, 0.3) is 0 Å². The Morgan fingerprint density at radius 2 is 1.45 bits per heavy atom. The van der Waals surface area contributed by atoms with Crippen LogP contribution in [0, 0.1) is 5.41 Å². The van der Waals surface area contributed by atoms with Crippen LogP contribution in [0.2, 0.25) is 0 Å². The summed E-state index contributed by atoms with van der Waals surface area (Å²) in [5.74, 6) is 0. The molecular weight excluding hydrogens is 268 g/mol. The molecule has 2 nitrogen and oxygen atoms in total. The van der Waals surface area contributed by atoms with Crippen LogP contribution in [-0.4, -0.2) is 24.5 Å². The van der Waals surface area contributed by atoms with Crippen molar-refractivity contribution in [3.8, 4) is 0 Å². The zero-order valence-corrected chi connectivity index (χ0v) is 13.1. The minimum Gasteiger partial charge on any atom is -0.330 e. The summed E-state index contributed by atoms with van der Waals surface area (Å²) < 4.78 is 0. The van der Waals surface area contributed by atoms with Gasteiger partial charge in [-0.1, -0.05) is 48.5 Å². The summed E-state index contributed by atoms with van der Waals surface area (Å²) in [5, 5.41) is 0. The fourth-order valence-corrected chi connectivity index (χ4v) is 4.26. The van der Waals surface area contributed by atoms with Gasteiger partial charge in [0, 0.05) is 25.0 Å². The van der Waals surface area contributed by atoms with E-state index in [1.807, 2.05) is 0 Å². The maximum atomic E-state index is 6.23. The predicted octanol–water partition coefficient (Wildman–Crippen LogP) is 2.79. The number of hydrogen-bond acceptors (Lipinski definition) is 2. The second-order valence-corrected chi connectivity index (χ2v) is 7.06. The van der Waals surface area contributed by atoms with Crippen LogP contribution in [0.25, 0.3) is 0 Å². The zero-order valence-electron chi connectivity index (χ0n) is 13.1. The van der Waals surface area contributed by atoms with E-state index in [0.717, 1.165) is 39.0 Å². The van der Waals surface area contributed by atoms with Crippen LogP contribution in [0.4, 0.5) is 0 Å². The van der Waals surface area contributed by atoms with Gasteiger partial charge in [0.05, 0.1) is 0 Å². The molecule has 4 rings (SSSR count). The highest BCUT2D eigenvalue weighted by Gasteiger charge is 2.37. The smallest absolute Gasteiger partial charge is 0.0236 e. The minimum atomic E-state index is 0.232. The highest BCUT2D eigenvalue weighted by atomic mass is 15.1. The standard InChI is InChI=1S/C20H24N2/c21-14-20(11-17-6-2-3-7-18(17)12-20)15-22-10-9-16-5-1-4-8-19(16)13-22/h1-8H,9-15,21H2. The second-order valence-electron chi connectivity index (χ2n) is 7.06. The van der Waals surface area contributed by atoms with Gasteiger partial charge < -0.3 is 5.73 Å². The Labute approximate surface area is 132 Å². The first kappa shape index (κ1) is 14.0.